The Balaban J connectivity index is 4.61. The standard InChI is InChI=1S/C21H36O2/c1-8-20(9-2)13-11-12-16(4)14-17(5)19(7)18(6)15-21(22)23-10-3/h13,15-16H,8-12,14H2,1-7H3. The van der Waals surface area contributed by atoms with Gasteiger partial charge >= 0.3 is 5.97 Å². The molecule has 0 rings (SSSR count). The molecule has 0 amide bonds. The molecule has 132 valence electrons. The van der Waals surface area contributed by atoms with Crippen molar-refractivity contribution >= 4 is 5.97 Å². The van der Waals surface area contributed by atoms with E-state index in [0.717, 1.165) is 12.0 Å². The molecule has 0 aliphatic rings. The first-order chi connectivity index (χ1) is 10.8. The second-order valence-electron chi connectivity index (χ2n) is 6.44. The van der Waals surface area contributed by atoms with Crippen LogP contribution < -0.4 is 0 Å². The zero-order chi connectivity index (χ0) is 17.8. The molecule has 0 heterocycles. The minimum atomic E-state index is -0.248. The maximum absolute atomic E-state index is 11.5. The van der Waals surface area contributed by atoms with E-state index in [0.29, 0.717) is 12.5 Å². The molecular weight excluding hydrogens is 284 g/mol. The van der Waals surface area contributed by atoms with E-state index in [1.165, 1.54) is 36.8 Å². The van der Waals surface area contributed by atoms with Crippen molar-refractivity contribution in [2.24, 2.45) is 5.92 Å². The van der Waals surface area contributed by atoms with Crippen molar-refractivity contribution in [3.05, 3.63) is 34.4 Å². The first kappa shape index (κ1) is 21.7. The van der Waals surface area contributed by atoms with Crippen LogP contribution in [0.3, 0.4) is 0 Å². The molecule has 0 aromatic heterocycles. The minimum Gasteiger partial charge on any atom is -0.463 e. The number of carbonyl (C=O) groups excluding carboxylic acids is 1. The molecule has 0 aliphatic carbocycles. The Morgan fingerprint density at radius 2 is 1.70 bits per heavy atom. The largest absolute Gasteiger partial charge is 0.463 e. The first-order valence-electron chi connectivity index (χ1n) is 9.05. The summed E-state index contributed by atoms with van der Waals surface area (Å²) in [5.41, 5.74) is 5.15. The van der Waals surface area contributed by atoms with E-state index in [4.69, 9.17) is 4.74 Å². The quantitative estimate of drug-likeness (QED) is 0.202. The molecule has 0 saturated heterocycles. The van der Waals surface area contributed by atoms with Gasteiger partial charge in [-0.2, -0.15) is 0 Å². The van der Waals surface area contributed by atoms with Gasteiger partial charge in [0.15, 0.2) is 0 Å². The molecule has 0 N–H and O–H groups in total. The summed E-state index contributed by atoms with van der Waals surface area (Å²) in [7, 11) is 0. The van der Waals surface area contributed by atoms with Gasteiger partial charge in [-0.05, 0) is 76.9 Å². The highest BCUT2D eigenvalue weighted by atomic mass is 16.5. The highest BCUT2D eigenvalue weighted by molar-refractivity contribution is 5.83. The second-order valence-corrected chi connectivity index (χ2v) is 6.44. The van der Waals surface area contributed by atoms with Crippen LogP contribution in [-0.2, 0) is 9.53 Å². The zero-order valence-electron chi connectivity index (χ0n) is 16.3. The molecule has 0 aromatic rings. The molecule has 0 aromatic carbocycles. The normalized spacial score (nSPS) is 14.1. The number of ether oxygens (including phenoxy) is 1. The Bertz CT molecular complexity index is 446. The molecular formula is C21H36O2. The molecule has 23 heavy (non-hydrogen) atoms. The highest BCUT2D eigenvalue weighted by Crippen LogP contribution is 2.23. The van der Waals surface area contributed by atoms with Crippen LogP contribution in [0.15, 0.2) is 34.4 Å². The van der Waals surface area contributed by atoms with Crippen molar-refractivity contribution in [2.45, 2.75) is 80.6 Å². The van der Waals surface area contributed by atoms with E-state index in [9.17, 15) is 4.79 Å². The Hall–Kier alpha value is -1.31. The van der Waals surface area contributed by atoms with E-state index >= 15 is 0 Å². The number of rotatable bonds is 10. The second kappa shape index (κ2) is 12.2. The third kappa shape index (κ3) is 9.43. The number of hydrogen-bond donors (Lipinski definition) is 0. The summed E-state index contributed by atoms with van der Waals surface area (Å²) in [6, 6.07) is 0. The summed E-state index contributed by atoms with van der Waals surface area (Å²) in [6.07, 6.45) is 9.82. The van der Waals surface area contributed by atoms with E-state index in [1.807, 2.05) is 13.8 Å². The summed E-state index contributed by atoms with van der Waals surface area (Å²) in [6.45, 7) is 15.3. The fraction of sp³-hybridized carbons (Fsp3) is 0.667. The van der Waals surface area contributed by atoms with Gasteiger partial charge in [0.05, 0.1) is 6.61 Å². The summed E-state index contributed by atoms with van der Waals surface area (Å²) in [5, 5.41) is 0. The maximum Gasteiger partial charge on any atom is 0.331 e. The molecule has 0 fully saturated rings. The maximum atomic E-state index is 11.5. The molecule has 2 heteroatoms. The fourth-order valence-electron chi connectivity index (χ4n) is 2.69. The zero-order valence-corrected chi connectivity index (χ0v) is 16.3. The van der Waals surface area contributed by atoms with Crippen LogP contribution in [0, 0.1) is 5.92 Å². The number of hydrogen-bond acceptors (Lipinski definition) is 2. The molecule has 0 aliphatic heterocycles. The lowest BCUT2D eigenvalue weighted by Crippen LogP contribution is -2.02. The van der Waals surface area contributed by atoms with Crippen LogP contribution in [-0.4, -0.2) is 12.6 Å². The Labute approximate surface area is 143 Å². The van der Waals surface area contributed by atoms with Gasteiger partial charge in [0, 0.05) is 6.08 Å². The van der Waals surface area contributed by atoms with E-state index in [1.54, 1.807) is 11.6 Å². The monoisotopic (exact) mass is 320 g/mol. The van der Waals surface area contributed by atoms with Crippen LogP contribution in [0.4, 0.5) is 0 Å². The van der Waals surface area contributed by atoms with Gasteiger partial charge in [-0.25, -0.2) is 4.79 Å². The molecule has 0 radical (unpaired) electrons. The van der Waals surface area contributed by atoms with Gasteiger partial charge in [-0.1, -0.05) is 38.0 Å². The van der Waals surface area contributed by atoms with Crippen LogP contribution in [0.5, 0.6) is 0 Å². The van der Waals surface area contributed by atoms with Gasteiger partial charge in [-0.15, -0.1) is 0 Å². The minimum absolute atomic E-state index is 0.248. The van der Waals surface area contributed by atoms with E-state index < -0.39 is 0 Å². The summed E-state index contributed by atoms with van der Waals surface area (Å²) in [5.74, 6) is 0.411. The van der Waals surface area contributed by atoms with Crippen LogP contribution >= 0.6 is 0 Å². The predicted molar refractivity (Wildman–Crippen MR) is 100 cm³/mol. The third-order valence-corrected chi connectivity index (χ3v) is 4.51. The van der Waals surface area contributed by atoms with Crippen molar-refractivity contribution in [3.8, 4) is 0 Å². The number of esters is 1. The van der Waals surface area contributed by atoms with Crippen LogP contribution in [0.25, 0.3) is 0 Å². The lowest BCUT2D eigenvalue weighted by atomic mass is 9.92. The average Bonchev–Trinajstić information content (AvgIpc) is 2.50. The van der Waals surface area contributed by atoms with Crippen molar-refractivity contribution in [1.82, 2.24) is 0 Å². The van der Waals surface area contributed by atoms with Gasteiger partial charge in [0.25, 0.3) is 0 Å². The smallest absolute Gasteiger partial charge is 0.331 e. The third-order valence-electron chi connectivity index (χ3n) is 4.51. The molecule has 1 atom stereocenters. The number of allylic oxidation sites excluding steroid dienone is 5. The molecule has 0 spiro atoms. The van der Waals surface area contributed by atoms with Crippen LogP contribution in [0.2, 0.25) is 0 Å². The van der Waals surface area contributed by atoms with Crippen molar-refractivity contribution in [1.29, 1.82) is 0 Å². The van der Waals surface area contributed by atoms with Crippen molar-refractivity contribution in [3.63, 3.8) is 0 Å². The summed E-state index contributed by atoms with van der Waals surface area (Å²) >= 11 is 0. The van der Waals surface area contributed by atoms with Crippen LogP contribution in [0.1, 0.15) is 80.6 Å². The molecule has 2 nitrogen and oxygen atoms in total. The predicted octanol–water partition coefficient (Wildman–Crippen LogP) is 6.39. The summed E-state index contributed by atoms with van der Waals surface area (Å²) < 4.78 is 4.98. The van der Waals surface area contributed by atoms with E-state index in [2.05, 4.69) is 40.7 Å². The van der Waals surface area contributed by atoms with Crippen molar-refractivity contribution < 1.29 is 9.53 Å². The average molecular weight is 321 g/mol. The fourth-order valence-corrected chi connectivity index (χ4v) is 2.69. The summed E-state index contributed by atoms with van der Waals surface area (Å²) in [4.78, 5) is 11.5. The molecule has 1 unspecified atom stereocenters. The Morgan fingerprint density at radius 1 is 1.09 bits per heavy atom. The molecule has 0 saturated carbocycles. The topological polar surface area (TPSA) is 26.3 Å². The Kier molecular flexibility index (Phi) is 11.5. The van der Waals surface area contributed by atoms with Gasteiger partial charge in [0.1, 0.15) is 0 Å². The number of carbonyl (C=O) groups is 1. The van der Waals surface area contributed by atoms with Gasteiger partial charge in [0.2, 0.25) is 0 Å². The lowest BCUT2D eigenvalue weighted by Gasteiger charge is -2.14. The first-order valence-corrected chi connectivity index (χ1v) is 9.05. The van der Waals surface area contributed by atoms with Gasteiger partial charge < -0.3 is 4.74 Å². The van der Waals surface area contributed by atoms with Gasteiger partial charge in [-0.3, -0.25) is 0 Å². The molecule has 0 bridgehead atoms. The Morgan fingerprint density at radius 3 is 2.22 bits per heavy atom. The SMILES string of the molecule is CCOC(=O)C=C(C)C(C)=C(C)CC(C)CCC=C(CC)CC. The van der Waals surface area contributed by atoms with Crippen molar-refractivity contribution in [2.75, 3.05) is 6.61 Å². The highest BCUT2D eigenvalue weighted by Gasteiger charge is 2.07. The van der Waals surface area contributed by atoms with E-state index in [-0.39, 0.29) is 5.97 Å². The lowest BCUT2D eigenvalue weighted by molar-refractivity contribution is -0.137.